The largest absolute Gasteiger partial charge is 0.381 e. The molecular weight excluding hydrogens is 458 g/mol. The van der Waals surface area contributed by atoms with Gasteiger partial charge in [-0.25, -0.2) is 18.4 Å². The lowest BCUT2D eigenvalue weighted by atomic mass is 9.89. The van der Waals surface area contributed by atoms with Gasteiger partial charge in [0.25, 0.3) is 0 Å². The van der Waals surface area contributed by atoms with Crippen LogP contribution in [0.25, 0.3) is 11.4 Å². The van der Waals surface area contributed by atoms with Crippen LogP contribution in [0.2, 0.25) is 0 Å². The van der Waals surface area contributed by atoms with E-state index < -0.39 is 20.8 Å². The molecule has 1 N–H and O–H groups in total. The smallest absolute Gasteiger partial charge is 0.227 e. The van der Waals surface area contributed by atoms with E-state index in [1.54, 1.807) is 34.0 Å². The van der Waals surface area contributed by atoms with Gasteiger partial charge in [-0.1, -0.05) is 0 Å². The molecule has 0 radical (unpaired) electrons. The number of sulfonamides is 1. The lowest BCUT2D eigenvalue weighted by Crippen LogP contribution is -2.65. The number of nitrogens with one attached hydrogen (secondary N) is 1. The fourth-order valence-electron chi connectivity index (χ4n) is 4.36. The molecule has 34 heavy (non-hydrogen) atoms. The van der Waals surface area contributed by atoms with Crippen molar-refractivity contribution in [2.75, 3.05) is 31.6 Å². The van der Waals surface area contributed by atoms with Gasteiger partial charge in [-0.15, -0.1) is 0 Å². The number of hydrogen-bond donors (Lipinski definition) is 1. The highest BCUT2D eigenvalue weighted by Gasteiger charge is 2.52. The van der Waals surface area contributed by atoms with Crippen molar-refractivity contribution in [3.8, 4) is 17.5 Å². The van der Waals surface area contributed by atoms with E-state index in [1.807, 2.05) is 19.3 Å². The fraction of sp³-hybridized carbons (Fsp3) is 0.476. The van der Waals surface area contributed by atoms with Gasteiger partial charge >= 0.3 is 0 Å². The van der Waals surface area contributed by atoms with Crippen LogP contribution >= 0.6 is 0 Å². The second-order valence-corrected chi connectivity index (χ2v) is 10.8. The van der Waals surface area contributed by atoms with Crippen LogP contribution in [0.3, 0.4) is 0 Å². The summed E-state index contributed by atoms with van der Waals surface area (Å²) in [7, 11) is -1.61. The van der Waals surface area contributed by atoms with Gasteiger partial charge < -0.3 is 10.1 Å². The lowest BCUT2D eigenvalue weighted by Gasteiger charge is -2.49. The molecule has 178 valence electrons. The van der Waals surface area contributed by atoms with E-state index in [0.717, 1.165) is 5.69 Å². The predicted octanol–water partition coefficient (Wildman–Crippen LogP) is 1.25. The van der Waals surface area contributed by atoms with Crippen molar-refractivity contribution in [3.63, 3.8) is 0 Å². The van der Waals surface area contributed by atoms with Crippen LogP contribution in [0, 0.1) is 11.3 Å². The Morgan fingerprint density at radius 2 is 2.06 bits per heavy atom. The van der Waals surface area contributed by atoms with Crippen molar-refractivity contribution < 1.29 is 13.2 Å². The maximum Gasteiger partial charge on any atom is 0.227 e. The van der Waals surface area contributed by atoms with Gasteiger partial charge in [0.2, 0.25) is 16.0 Å². The zero-order valence-electron chi connectivity index (χ0n) is 18.7. The standard InChI is InChI=1S/C21H25N9O3S/c1-28-13-16(12-24-28)25-20-23-8-2-18(26-20)19-3-9-30(27-19)21(6-7-22)14-29(15-21)34(31,32)17-4-10-33-11-5-17/h2-3,8-9,12-13,17H,4-6,10-11,14-15H2,1H3,(H,23,25,26). The Kier molecular flexibility index (Phi) is 5.80. The van der Waals surface area contributed by atoms with Crippen molar-refractivity contribution in [1.29, 1.82) is 5.26 Å². The molecule has 0 saturated carbocycles. The molecule has 0 bridgehead atoms. The number of ether oxygens (including phenoxy) is 1. The molecule has 0 amide bonds. The van der Waals surface area contributed by atoms with Crippen LogP contribution in [0.1, 0.15) is 19.3 Å². The molecule has 12 nitrogen and oxygen atoms in total. The highest BCUT2D eigenvalue weighted by molar-refractivity contribution is 7.89. The first-order valence-corrected chi connectivity index (χ1v) is 12.5. The Labute approximate surface area is 197 Å². The molecule has 0 atom stereocenters. The van der Waals surface area contributed by atoms with Gasteiger partial charge in [0.1, 0.15) is 11.2 Å². The minimum Gasteiger partial charge on any atom is -0.381 e. The van der Waals surface area contributed by atoms with E-state index in [2.05, 4.69) is 31.6 Å². The summed E-state index contributed by atoms with van der Waals surface area (Å²) in [4.78, 5) is 8.77. The molecule has 2 fully saturated rings. The van der Waals surface area contributed by atoms with E-state index in [0.29, 0.717) is 43.4 Å². The molecule has 5 rings (SSSR count). The zero-order valence-corrected chi connectivity index (χ0v) is 19.5. The predicted molar refractivity (Wildman–Crippen MR) is 122 cm³/mol. The van der Waals surface area contributed by atoms with Crippen molar-refractivity contribution >= 4 is 21.7 Å². The normalized spacial score (nSPS) is 18.8. The van der Waals surface area contributed by atoms with E-state index in [9.17, 15) is 13.7 Å². The Bertz CT molecular complexity index is 1310. The second kappa shape index (κ2) is 8.79. The zero-order chi connectivity index (χ0) is 23.8. The molecule has 0 aromatic carbocycles. The quantitative estimate of drug-likeness (QED) is 0.525. The van der Waals surface area contributed by atoms with Gasteiger partial charge in [-0.05, 0) is 25.0 Å². The highest BCUT2D eigenvalue weighted by atomic mass is 32.2. The number of aryl methyl sites for hydroxylation is 1. The van der Waals surface area contributed by atoms with Crippen molar-refractivity contribution in [2.45, 2.75) is 30.1 Å². The molecule has 2 aliphatic heterocycles. The van der Waals surface area contributed by atoms with Crippen LogP contribution in [0.15, 0.2) is 36.9 Å². The summed E-state index contributed by atoms with van der Waals surface area (Å²) in [5.74, 6) is 0.407. The van der Waals surface area contributed by atoms with Crippen molar-refractivity contribution in [2.24, 2.45) is 7.05 Å². The maximum atomic E-state index is 13.0. The Balaban J connectivity index is 1.34. The van der Waals surface area contributed by atoms with E-state index in [1.165, 1.54) is 4.31 Å². The minimum atomic E-state index is -3.43. The van der Waals surface area contributed by atoms with E-state index >= 15 is 0 Å². The summed E-state index contributed by atoms with van der Waals surface area (Å²) in [5, 5.41) is 20.9. The van der Waals surface area contributed by atoms with Gasteiger partial charge in [0.15, 0.2) is 0 Å². The third kappa shape index (κ3) is 4.15. The number of aromatic nitrogens is 6. The van der Waals surface area contributed by atoms with Crippen LogP contribution in [0.5, 0.6) is 0 Å². The van der Waals surface area contributed by atoms with Gasteiger partial charge in [-0.2, -0.15) is 19.8 Å². The number of nitrogens with zero attached hydrogens (tertiary/aromatic N) is 8. The van der Waals surface area contributed by atoms with Crippen molar-refractivity contribution in [3.05, 3.63) is 36.9 Å². The van der Waals surface area contributed by atoms with E-state index in [-0.39, 0.29) is 19.5 Å². The summed E-state index contributed by atoms with van der Waals surface area (Å²) in [5.41, 5.74) is 1.28. The van der Waals surface area contributed by atoms with Crippen molar-refractivity contribution in [1.82, 2.24) is 33.8 Å². The van der Waals surface area contributed by atoms with Crippen LogP contribution < -0.4 is 5.32 Å². The minimum absolute atomic E-state index is 0.158. The number of nitriles is 1. The summed E-state index contributed by atoms with van der Waals surface area (Å²) < 4.78 is 36.2. The second-order valence-electron chi connectivity index (χ2n) is 8.62. The van der Waals surface area contributed by atoms with Gasteiger partial charge in [0.05, 0.1) is 35.3 Å². The SMILES string of the molecule is Cn1cc(Nc2nccc(-c3ccn(C4(CC#N)CN(S(=O)(=O)C5CCOCC5)C4)n3)n2)cn1. The average Bonchev–Trinajstić information content (AvgIpc) is 3.46. The first-order valence-electron chi connectivity index (χ1n) is 11.0. The Morgan fingerprint density at radius 1 is 1.26 bits per heavy atom. The first kappa shape index (κ1) is 22.5. The van der Waals surface area contributed by atoms with Crippen LogP contribution in [-0.2, 0) is 27.3 Å². The summed E-state index contributed by atoms with van der Waals surface area (Å²) >= 11 is 0. The summed E-state index contributed by atoms with van der Waals surface area (Å²) in [6.07, 6.45) is 8.06. The molecule has 2 aliphatic rings. The average molecular weight is 484 g/mol. The molecule has 13 heteroatoms. The molecule has 0 unspecified atom stereocenters. The molecule has 0 spiro atoms. The molecule has 3 aromatic rings. The Hall–Kier alpha value is -3.34. The summed E-state index contributed by atoms with van der Waals surface area (Å²) in [6.45, 7) is 1.36. The van der Waals surface area contributed by atoms with Gasteiger partial charge in [0, 0.05) is 51.9 Å². The molecular formula is C21H25N9O3S. The topological polar surface area (TPSA) is 144 Å². The first-order chi connectivity index (χ1) is 16.4. The summed E-state index contributed by atoms with van der Waals surface area (Å²) in [6, 6.07) is 5.76. The fourth-order valence-corrected chi connectivity index (χ4v) is 6.41. The lowest BCUT2D eigenvalue weighted by molar-refractivity contribution is 0.0649. The third-order valence-electron chi connectivity index (χ3n) is 6.25. The van der Waals surface area contributed by atoms with Crippen LogP contribution in [0.4, 0.5) is 11.6 Å². The highest BCUT2D eigenvalue weighted by Crippen LogP contribution is 2.37. The number of rotatable bonds is 7. The van der Waals surface area contributed by atoms with E-state index in [4.69, 9.17) is 4.74 Å². The molecule has 0 aliphatic carbocycles. The number of hydrogen-bond acceptors (Lipinski definition) is 9. The van der Waals surface area contributed by atoms with Crippen LogP contribution in [-0.4, -0.2) is 73.8 Å². The number of anilines is 2. The monoisotopic (exact) mass is 483 g/mol. The van der Waals surface area contributed by atoms with Gasteiger partial charge in [-0.3, -0.25) is 9.36 Å². The molecule has 3 aromatic heterocycles. The third-order valence-corrected chi connectivity index (χ3v) is 8.54. The Morgan fingerprint density at radius 3 is 2.76 bits per heavy atom. The molecule has 5 heterocycles. The maximum absolute atomic E-state index is 13.0. The molecule has 2 saturated heterocycles.